The number of carbonyl (C=O) groups excluding carboxylic acids is 1. The van der Waals surface area contributed by atoms with E-state index in [-0.39, 0.29) is 17.4 Å². The highest BCUT2D eigenvalue weighted by Crippen LogP contribution is 2.31. The van der Waals surface area contributed by atoms with Gasteiger partial charge in [0.05, 0.1) is 23.3 Å². The van der Waals surface area contributed by atoms with Gasteiger partial charge in [-0.25, -0.2) is 4.98 Å². The third-order valence-electron chi connectivity index (χ3n) is 4.08. The second-order valence-electron chi connectivity index (χ2n) is 6.24. The molecule has 0 saturated carbocycles. The molecule has 29 heavy (non-hydrogen) atoms. The predicted molar refractivity (Wildman–Crippen MR) is 106 cm³/mol. The third kappa shape index (κ3) is 4.29. The monoisotopic (exact) mass is 384 g/mol. The number of hydrogen-bond donors (Lipinski definition) is 2. The second kappa shape index (κ2) is 8.07. The number of amides is 1. The fourth-order valence-electron chi connectivity index (χ4n) is 2.70. The smallest absolute Gasteiger partial charge is 0.255 e. The van der Waals surface area contributed by atoms with E-state index in [0.717, 1.165) is 11.1 Å². The molecule has 8 nitrogen and oxygen atoms in total. The van der Waals surface area contributed by atoms with Crippen molar-refractivity contribution in [1.82, 2.24) is 9.97 Å². The van der Waals surface area contributed by atoms with Crippen molar-refractivity contribution in [2.24, 2.45) is 5.73 Å². The normalized spacial score (nSPS) is 9.93. The fraction of sp³-hybridized carbons (Fsp3) is 0.0952. The van der Waals surface area contributed by atoms with Crippen LogP contribution >= 0.6 is 0 Å². The van der Waals surface area contributed by atoms with Crippen LogP contribution < -0.4 is 15.8 Å². The zero-order chi connectivity index (χ0) is 21.0. The van der Waals surface area contributed by atoms with Crippen LogP contribution in [0.25, 0.3) is 0 Å². The zero-order valence-corrected chi connectivity index (χ0v) is 15.7. The molecule has 2 aromatic carbocycles. The molecule has 0 unspecified atom stereocenters. The average molecular weight is 384 g/mol. The van der Waals surface area contributed by atoms with Crippen molar-refractivity contribution in [3.8, 4) is 23.8 Å². The van der Waals surface area contributed by atoms with Crippen LogP contribution in [-0.2, 0) is 0 Å². The van der Waals surface area contributed by atoms with Crippen molar-refractivity contribution in [2.75, 3.05) is 5.32 Å². The lowest BCUT2D eigenvalue weighted by atomic mass is 10.1. The maximum absolute atomic E-state index is 11.8. The Morgan fingerprint density at radius 3 is 2.24 bits per heavy atom. The lowest BCUT2D eigenvalue weighted by Crippen LogP contribution is -2.14. The van der Waals surface area contributed by atoms with Crippen LogP contribution in [0.2, 0.25) is 0 Å². The lowest BCUT2D eigenvalue weighted by Gasteiger charge is -2.14. The third-order valence-corrected chi connectivity index (χ3v) is 4.08. The van der Waals surface area contributed by atoms with Gasteiger partial charge in [0.25, 0.3) is 5.91 Å². The SMILES string of the molecule is Cc1cc(C#N)cc(C)c1Oc1nc(Nc2ccc(C#N)cc2)ncc1C(N)=O. The molecule has 0 spiro atoms. The van der Waals surface area contributed by atoms with E-state index in [1.54, 1.807) is 50.2 Å². The van der Waals surface area contributed by atoms with Gasteiger partial charge < -0.3 is 15.8 Å². The zero-order valence-electron chi connectivity index (χ0n) is 15.7. The Kier molecular flexibility index (Phi) is 5.38. The van der Waals surface area contributed by atoms with E-state index in [2.05, 4.69) is 21.4 Å². The van der Waals surface area contributed by atoms with E-state index in [4.69, 9.17) is 21.0 Å². The highest BCUT2D eigenvalue weighted by Gasteiger charge is 2.17. The topological polar surface area (TPSA) is 138 Å². The number of ether oxygens (including phenoxy) is 1. The summed E-state index contributed by atoms with van der Waals surface area (Å²) in [6.07, 6.45) is 1.28. The summed E-state index contributed by atoms with van der Waals surface area (Å²) in [6, 6.07) is 14.2. The van der Waals surface area contributed by atoms with Crippen LogP contribution in [0.3, 0.4) is 0 Å². The summed E-state index contributed by atoms with van der Waals surface area (Å²) in [5, 5.41) is 21.0. The van der Waals surface area contributed by atoms with Crippen molar-refractivity contribution in [2.45, 2.75) is 13.8 Å². The number of nitrogens with two attached hydrogens (primary N) is 1. The van der Waals surface area contributed by atoms with E-state index < -0.39 is 5.91 Å². The molecular formula is C21H16N6O2. The summed E-state index contributed by atoms with van der Waals surface area (Å²) in [5.41, 5.74) is 8.59. The second-order valence-corrected chi connectivity index (χ2v) is 6.24. The number of aryl methyl sites for hydroxylation is 2. The minimum atomic E-state index is -0.728. The molecular weight excluding hydrogens is 368 g/mol. The summed E-state index contributed by atoms with van der Waals surface area (Å²) in [4.78, 5) is 20.2. The van der Waals surface area contributed by atoms with Crippen LogP contribution in [0.5, 0.6) is 11.6 Å². The molecule has 0 fully saturated rings. The number of nitrogens with one attached hydrogen (secondary N) is 1. The summed E-state index contributed by atoms with van der Waals surface area (Å²) in [7, 11) is 0. The van der Waals surface area contributed by atoms with E-state index >= 15 is 0 Å². The minimum absolute atomic E-state index is 0.000414. The molecule has 142 valence electrons. The van der Waals surface area contributed by atoms with E-state index in [1.165, 1.54) is 6.20 Å². The van der Waals surface area contributed by atoms with Crippen LogP contribution in [0, 0.1) is 36.5 Å². The summed E-state index contributed by atoms with van der Waals surface area (Å²) in [5.74, 6) is -0.0541. The number of primary amides is 1. The number of benzene rings is 2. The molecule has 3 rings (SSSR count). The first kappa shape index (κ1) is 19.3. The van der Waals surface area contributed by atoms with Gasteiger partial charge >= 0.3 is 0 Å². The van der Waals surface area contributed by atoms with Crippen molar-refractivity contribution >= 4 is 17.5 Å². The first-order valence-corrected chi connectivity index (χ1v) is 8.54. The molecule has 0 atom stereocenters. The van der Waals surface area contributed by atoms with Gasteiger partial charge in [-0.15, -0.1) is 0 Å². The molecule has 0 aliphatic heterocycles. The Morgan fingerprint density at radius 2 is 1.69 bits per heavy atom. The van der Waals surface area contributed by atoms with Gasteiger partial charge in [-0.3, -0.25) is 4.79 Å². The molecule has 0 saturated heterocycles. The highest BCUT2D eigenvalue weighted by atomic mass is 16.5. The van der Waals surface area contributed by atoms with Crippen molar-refractivity contribution in [3.05, 3.63) is 70.4 Å². The lowest BCUT2D eigenvalue weighted by molar-refractivity contribution is 0.0997. The van der Waals surface area contributed by atoms with Gasteiger partial charge in [-0.05, 0) is 61.4 Å². The maximum atomic E-state index is 11.8. The van der Waals surface area contributed by atoms with Gasteiger partial charge in [0, 0.05) is 11.9 Å². The number of aromatic nitrogens is 2. The first-order chi connectivity index (χ1) is 13.9. The van der Waals surface area contributed by atoms with E-state index in [9.17, 15) is 4.79 Å². The van der Waals surface area contributed by atoms with Crippen molar-refractivity contribution in [1.29, 1.82) is 10.5 Å². The minimum Gasteiger partial charge on any atom is -0.437 e. The van der Waals surface area contributed by atoms with Gasteiger partial charge in [-0.1, -0.05) is 0 Å². The van der Waals surface area contributed by atoms with Crippen LogP contribution in [0.15, 0.2) is 42.6 Å². The molecule has 0 aliphatic rings. The number of carbonyl (C=O) groups is 1. The van der Waals surface area contributed by atoms with Gasteiger partial charge in [0.1, 0.15) is 11.3 Å². The summed E-state index contributed by atoms with van der Waals surface area (Å²) >= 11 is 0. The Hall–Kier alpha value is -4.43. The van der Waals surface area contributed by atoms with E-state index in [1.807, 2.05) is 6.07 Å². The average Bonchev–Trinajstić information content (AvgIpc) is 2.71. The molecule has 1 aromatic heterocycles. The van der Waals surface area contributed by atoms with Crippen LogP contribution in [0.4, 0.5) is 11.6 Å². The first-order valence-electron chi connectivity index (χ1n) is 8.54. The van der Waals surface area contributed by atoms with Gasteiger partial charge in [0.15, 0.2) is 0 Å². The Balaban J connectivity index is 1.97. The van der Waals surface area contributed by atoms with Crippen molar-refractivity contribution < 1.29 is 9.53 Å². The fourth-order valence-corrected chi connectivity index (χ4v) is 2.70. The van der Waals surface area contributed by atoms with Gasteiger partial charge in [-0.2, -0.15) is 15.5 Å². The van der Waals surface area contributed by atoms with Gasteiger partial charge in [0.2, 0.25) is 11.8 Å². The van der Waals surface area contributed by atoms with Crippen LogP contribution in [-0.4, -0.2) is 15.9 Å². The standard InChI is InChI=1S/C21H16N6O2/c1-12-7-15(10-23)8-13(2)18(12)29-20-17(19(24)28)11-25-21(27-20)26-16-5-3-14(9-22)4-6-16/h3-8,11H,1-2H3,(H2,24,28)(H,25,26,27). The molecule has 3 N–H and O–H groups in total. The predicted octanol–water partition coefficient (Wildman–Crippen LogP) is 3.47. The van der Waals surface area contributed by atoms with Crippen molar-refractivity contribution in [3.63, 3.8) is 0 Å². The number of nitrogens with zero attached hydrogens (tertiary/aromatic N) is 4. The molecule has 1 amide bonds. The molecule has 3 aromatic rings. The maximum Gasteiger partial charge on any atom is 0.255 e. The molecule has 1 heterocycles. The number of hydrogen-bond acceptors (Lipinski definition) is 7. The number of anilines is 2. The number of rotatable bonds is 5. The van der Waals surface area contributed by atoms with Crippen LogP contribution in [0.1, 0.15) is 32.6 Å². The molecule has 0 aliphatic carbocycles. The number of nitriles is 2. The largest absolute Gasteiger partial charge is 0.437 e. The summed E-state index contributed by atoms with van der Waals surface area (Å²) < 4.78 is 5.90. The highest BCUT2D eigenvalue weighted by molar-refractivity contribution is 5.95. The summed E-state index contributed by atoms with van der Waals surface area (Å²) in [6.45, 7) is 3.59. The Labute approximate surface area is 167 Å². The Morgan fingerprint density at radius 1 is 1.07 bits per heavy atom. The molecule has 0 radical (unpaired) electrons. The van der Waals surface area contributed by atoms with E-state index in [0.29, 0.717) is 22.6 Å². The molecule has 8 heteroatoms. The Bertz CT molecular complexity index is 1150. The molecule has 0 bridgehead atoms. The quantitative estimate of drug-likeness (QED) is 0.687.